The zero-order chi connectivity index (χ0) is 8.55. The van der Waals surface area contributed by atoms with Crippen molar-refractivity contribution in [3.8, 4) is 5.00 Å². The third kappa shape index (κ3) is 1.08. The molecule has 62 valence electrons. The van der Waals surface area contributed by atoms with Gasteiger partial charge in [0.25, 0.3) is 0 Å². The van der Waals surface area contributed by atoms with Gasteiger partial charge in [-0.15, -0.1) is 11.3 Å². The van der Waals surface area contributed by atoms with Gasteiger partial charge in [0.1, 0.15) is 11.3 Å². The highest BCUT2D eigenvalue weighted by molar-refractivity contribution is 7.12. The van der Waals surface area contributed by atoms with Crippen LogP contribution in [0.25, 0.3) is 5.00 Å². The lowest BCUT2D eigenvalue weighted by Crippen LogP contribution is -2.12. The molecule has 0 saturated heterocycles. The minimum Gasteiger partial charge on any atom is -0.246 e. The van der Waals surface area contributed by atoms with Crippen LogP contribution >= 0.6 is 11.3 Å². The highest BCUT2D eigenvalue weighted by atomic mass is 32.1. The first-order valence-electron chi connectivity index (χ1n) is 3.45. The Bertz CT molecular complexity index is 439. The number of hydrogen-bond acceptors (Lipinski definition) is 3. The summed E-state index contributed by atoms with van der Waals surface area (Å²) in [7, 11) is 0. The van der Waals surface area contributed by atoms with E-state index in [4.69, 9.17) is 0 Å². The van der Waals surface area contributed by atoms with Gasteiger partial charge in [0.15, 0.2) is 0 Å². The Morgan fingerprint density at radius 3 is 3.00 bits per heavy atom. The van der Waals surface area contributed by atoms with Gasteiger partial charge in [0.05, 0.1) is 0 Å². The smallest absolute Gasteiger partial charge is 0.246 e. The monoisotopic (exact) mass is 181 g/mol. The van der Waals surface area contributed by atoms with E-state index in [9.17, 15) is 4.79 Å². The molecule has 0 radical (unpaired) electrons. The highest BCUT2D eigenvalue weighted by Crippen LogP contribution is 2.15. The Hall–Kier alpha value is -1.36. The maximum Gasteiger partial charge on any atom is 0.348 e. The molecule has 2 heterocycles. The molecule has 1 N–H and O–H groups in total. The van der Waals surface area contributed by atoms with E-state index >= 15 is 0 Å². The fraction of sp³-hybridized carbons (Fsp3) is 0.143. The summed E-state index contributed by atoms with van der Waals surface area (Å²) in [5.41, 5.74) is 0.958. The first-order chi connectivity index (χ1) is 5.77. The van der Waals surface area contributed by atoms with E-state index in [1.807, 2.05) is 18.4 Å². The second-order valence-corrected chi connectivity index (χ2v) is 3.38. The van der Waals surface area contributed by atoms with Gasteiger partial charge in [-0.3, -0.25) is 0 Å². The molecule has 0 aliphatic heterocycles. The van der Waals surface area contributed by atoms with E-state index in [0.29, 0.717) is 0 Å². The molecule has 0 atom stereocenters. The van der Waals surface area contributed by atoms with E-state index in [2.05, 4.69) is 10.2 Å². The van der Waals surface area contributed by atoms with Gasteiger partial charge >= 0.3 is 5.69 Å². The van der Waals surface area contributed by atoms with Crippen LogP contribution in [-0.2, 0) is 0 Å². The molecule has 12 heavy (non-hydrogen) atoms. The number of nitrogens with zero attached hydrogens (tertiary/aromatic N) is 2. The van der Waals surface area contributed by atoms with Crippen molar-refractivity contribution in [3.63, 3.8) is 0 Å². The molecule has 2 rings (SSSR count). The van der Waals surface area contributed by atoms with Crippen LogP contribution in [0.1, 0.15) is 5.56 Å². The molecule has 0 fully saturated rings. The SMILES string of the molecule is Cc1csc(-n2cn[nH]c2=O)c1. The lowest BCUT2D eigenvalue weighted by Gasteiger charge is -1.90. The van der Waals surface area contributed by atoms with Crippen molar-refractivity contribution in [3.05, 3.63) is 33.8 Å². The minimum absolute atomic E-state index is 0.197. The topological polar surface area (TPSA) is 50.7 Å². The van der Waals surface area contributed by atoms with E-state index < -0.39 is 0 Å². The van der Waals surface area contributed by atoms with E-state index in [0.717, 1.165) is 10.6 Å². The summed E-state index contributed by atoms with van der Waals surface area (Å²) in [5, 5.41) is 8.87. The first-order valence-corrected chi connectivity index (χ1v) is 4.33. The molecule has 0 aromatic carbocycles. The van der Waals surface area contributed by atoms with Crippen molar-refractivity contribution in [1.29, 1.82) is 0 Å². The molecule has 0 saturated carbocycles. The Labute approximate surface area is 72.5 Å². The van der Waals surface area contributed by atoms with Crippen molar-refractivity contribution in [2.45, 2.75) is 6.92 Å². The highest BCUT2D eigenvalue weighted by Gasteiger charge is 2.01. The Balaban J connectivity index is 2.58. The van der Waals surface area contributed by atoms with Crippen LogP contribution in [0, 0.1) is 6.92 Å². The van der Waals surface area contributed by atoms with E-state index in [1.165, 1.54) is 22.2 Å². The summed E-state index contributed by atoms with van der Waals surface area (Å²) in [6, 6.07) is 1.95. The van der Waals surface area contributed by atoms with Gasteiger partial charge in [0, 0.05) is 0 Å². The maximum absolute atomic E-state index is 11.1. The van der Waals surface area contributed by atoms with Crippen LogP contribution < -0.4 is 5.69 Å². The second kappa shape index (κ2) is 2.60. The summed E-state index contributed by atoms with van der Waals surface area (Å²) in [6.45, 7) is 1.99. The average Bonchev–Trinajstić information content (AvgIpc) is 2.58. The van der Waals surface area contributed by atoms with Crippen LogP contribution in [0.2, 0.25) is 0 Å². The number of H-pyrrole nitrogens is 1. The quantitative estimate of drug-likeness (QED) is 0.711. The number of hydrogen-bond donors (Lipinski definition) is 1. The number of thiophene rings is 1. The van der Waals surface area contributed by atoms with Crippen molar-refractivity contribution < 1.29 is 0 Å². The molecule has 2 aromatic rings. The Kier molecular flexibility index (Phi) is 1.58. The van der Waals surface area contributed by atoms with Crippen LogP contribution in [-0.4, -0.2) is 14.8 Å². The molecule has 4 nitrogen and oxygen atoms in total. The third-order valence-electron chi connectivity index (χ3n) is 1.51. The largest absolute Gasteiger partial charge is 0.348 e. The molecule has 0 amide bonds. The first kappa shape index (κ1) is 7.30. The van der Waals surface area contributed by atoms with Gasteiger partial charge in [-0.1, -0.05) is 0 Å². The lowest BCUT2D eigenvalue weighted by molar-refractivity contribution is 0.999. The number of aryl methyl sites for hydroxylation is 1. The molecule has 0 unspecified atom stereocenters. The molecular formula is C7H7N3OS. The molecule has 0 spiro atoms. The summed E-state index contributed by atoms with van der Waals surface area (Å²) in [5.74, 6) is 0. The fourth-order valence-corrected chi connectivity index (χ4v) is 1.82. The number of aromatic amines is 1. The minimum atomic E-state index is -0.197. The predicted molar refractivity (Wildman–Crippen MR) is 46.8 cm³/mol. The van der Waals surface area contributed by atoms with Crippen molar-refractivity contribution in [2.75, 3.05) is 0 Å². The fourth-order valence-electron chi connectivity index (χ4n) is 0.948. The van der Waals surface area contributed by atoms with Crippen LogP contribution in [0.5, 0.6) is 0 Å². The van der Waals surface area contributed by atoms with Gasteiger partial charge in [-0.25, -0.2) is 14.5 Å². The van der Waals surface area contributed by atoms with Crippen molar-refractivity contribution in [1.82, 2.24) is 14.8 Å². The zero-order valence-corrected chi connectivity index (χ0v) is 7.26. The standard InChI is InChI=1S/C7H7N3OS/c1-5-2-6(12-3-5)10-4-8-9-7(10)11/h2-4H,1H3,(H,9,11). The van der Waals surface area contributed by atoms with Gasteiger partial charge in [-0.05, 0) is 23.9 Å². The molecule has 2 aromatic heterocycles. The number of aromatic nitrogens is 3. The lowest BCUT2D eigenvalue weighted by atomic mass is 10.4. The van der Waals surface area contributed by atoms with Crippen LogP contribution in [0.4, 0.5) is 0 Å². The van der Waals surface area contributed by atoms with Gasteiger partial charge in [0.2, 0.25) is 0 Å². The summed E-state index contributed by atoms with van der Waals surface area (Å²) in [4.78, 5) is 11.1. The predicted octanol–water partition coefficient (Wildman–Crippen LogP) is 0.931. The van der Waals surface area contributed by atoms with E-state index in [1.54, 1.807) is 0 Å². The summed E-state index contributed by atoms with van der Waals surface area (Å²) in [6.07, 6.45) is 1.48. The van der Waals surface area contributed by atoms with Gasteiger partial charge < -0.3 is 0 Å². The maximum atomic E-state index is 11.1. The average molecular weight is 181 g/mol. The molecular weight excluding hydrogens is 174 g/mol. The second-order valence-electron chi connectivity index (χ2n) is 2.49. The molecule has 0 aliphatic carbocycles. The number of rotatable bonds is 1. The van der Waals surface area contributed by atoms with Crippen LogP contribution in [0.3, 0.4) is 0 Å². The zero-order valence-electron chi connectivity index (χ0n) is 6.44. The van der Waals surface area contributed by atoms with Crippen molar-refractivity contribution >= 4 is 11.3 Å². The normalized spacial score (nSPS) is 10.4. The van der Waals surface area contributed by atoms with Crippen LogP contribution in [0.15, 0.2) is 22.6 Å². The summed E-state index contributed by atoms with van der Waals surface area (Å²) >= 11 is 1.52. The third-order valence-corrected chi connectivity index (χ3v) is 2.55. The Morgan fingerprint density at radius 1 is 1.67 bits per heavy atom. The van der Waals surface area contributed by atoms with Crippen molar-refractivity contribution in [2.24, 2.45) is 0 Å². The summed E-state index contributed by atoms with van der Waals surface area (Å²) < 4.78 is 1.48. The molecule has 0 aliphatic rings. The van der Waals surface area contributed by atoms with Gasteiger partial charge in [-0.2, -0.15) is 5.10 Å². The molecule has 0 bridgehead atoms. The van der Waals surface area contributed by atoms with E-state index in [-0.39, 0.29) is 5.69 Å². The Morgan fingerprint density at radius 2 is 2.50 bits per heavy atom. The molecule has 5 heteroatoms. The number of nitrogens with one attached hydrogen (secondary N) is 1.